The van der Waals surface area contributed by atoms with Gasteiger partial charge < -0.3 is 10.1 Å². The molecule has 2 aromatic heterocycles. The molecule has 0 aliphatic carbocycles. The molecule has 0 saturated carbocycles. The second-order valence-corrected chi connectivity index (χ2v) is 8.55. The molecule has 3 aromatic carbocycles. The van der Waals surface area contributed by atoms with Gasteiger partial charge in [0.05, 0.1) is 24.4 Å². The molecule has 5 rings (SSSR count). The molecule has 168 valence electrons. The van der Waals surface area contributed by atoms with Crippen LogP contribution < -0.4 is 10.9 Å². The maximum absolute atomic E-state index is 13.3. The minimum Gasteiger partial charge on any atom is -0.465 e. The number of nitrogens with zero attached hydrogens (tertiary/aromatic N) is 2. The number of anilines is 1. The van der Waals surface area contributed by atoms with Crippen LogP contribution in [0.3, 0.4) is 0 Å². The molecule has 0 saturated heterocycles. The minimum atomic E-state index is -0.499. The van der Waals surface area contributed by atoms with Crippen LogP contribution >= 0.6 is 11.3 Å². The predicted octanol–water partition coefficient (Wildman–Crippen LogP) is 4.70. The highest BCUT2D eigenvalue weighted by Crippen LogP contribution is 2.32. The van der Waals surface area contributed by atoms with E-state index in [9.17, 15) is 14.4 Å². The van der Waals surface area contributed by atoms with Crippen molar-refractivity contribution in [3.63, 3.8) is 0 Å². The molecule has 7 nitrogen and oxygen atoms in total. The highest BCUT2D eigenvalue weighted by Gasteiger charge is 2.15. The normalized spacial score (nSPS) is 11.0. The Kier molecular flexibility index (Phi) is 5.65. The number of ether oxygens (including phenoxy) is 1. The fraction of sp³-hybridized carbons (Fsp3) is 0.0769. The van der Waals surface area contributed by atoms with Gasteiger partial charge in [0.2, 0.25) is 5.91 Å². The van der Waals surface area contributed by atoms with E-state index in [4.69, 9.17) is 4.74 Å². The van der Waals surface area contributed by atoms with E-state index in [1.54, 1.807) is 18.2 Å². The van der Waals surface area contributed by atoms with Gasteiger partial charge in [0.15, 0.2) is 0 Å². The molecule has 0 fully saturated rings. The van der Waals surface area contributed by atoms with Crippen LogP contribution in [0.25, 0.3) is 32.1 Å². The van der Waals surface area contributed by atoms with E-state index in [2.05, 4.69) is 16.4 Å². The monoisotopic (exact) mass is 469 g/mol. The lowest BCUT2D eigenvalue weighted by atomic mass is 10.0. The number of rotatable bonds is 5. The molecule has 0 aliphatic rings. The van der Waals surface area contributed by atoms with Crippen LogP contribution in [-0.4, -0.2) is 28.5 Å². The van der Waals surface area contributed by atoms with Crippen LogP contribution in [0, 0.1) is 0 Å². The van der Waals surface area contributed by atoms with E-state index in [0.29, 0.717) is 21.5 Å². The molecule has 5 aromatic rings. The Labute approximate surface area is 198 Å². The Morgan fingerprint density at radius 3 is 2.68 bits per heavy atom. The van der Waals surface area contributed by atoms with Crippen molar-refractivity contribution in [2.75, 3.05) is 12.4 Å². The van der Waals surface area contributed by atoms with Crippen molar-refractivity contribution in [2.45, 2.75) is 6.54 Å². The summed E-state index contributed by atoms with van der Waals surface area (Å²) in [6.07, 6.45) is 1.38. The Bertz CT molecular complexity index is 1620. The van der Waals surface area contributed by atoms with Crippen LogP contribution in [0.5, 0.6) is 0 Å². The van der Waals surface area contributed by atoms with Gasteiger partial charge in [-0.2, -0.15) is 0 Å². The predicted molar refractivity (Wildman–Crippen MR) is 133 cm³/mol. The second kappa shape index (κ2) is 8.92. The molecule has 8 heteroatoms. The SMILES string of the molecule is COC(=O)c1cccc(NC(=O)Cn2cnc3scc(-c4ccc5ccccc5c4)c3c2=O)c1. The van der Waals surface area contributed by atoms with Gasteiger partial charge in [-0.3, -0.25) is 14.2 Å². The van der Waals surface area contributed by atoms with E-state index >= 15 is 0 Å². The summed E-state index contributed by atoms with van der Waals surface area (Å²) in [7, 11) is 1.29. The maximum Gasteiger partial charge on any atom is 0.337 e. The first-order chi connectivity index (χ1) is 16.5. The third kappa shape index (κ3) is 4.06. The summed E-state index contributed by atoms with van der Waals surface area (Å²) in [4.78, 5) is 42.7. The molecular formula is C26H19N3O4S. The summed E-state index contributed by atoms with van der Waals surface area (Å²) in [5, 5.41) is 7.33. The van der Waals surface area contributed by atoms with Gasteiger partial charge in [0.25, 0.3) is 5.56 Å². The lowest BCUT2D eigenvalue weighted by Gasteiger charge is -2.09. The van der Waals surface area contributed by atoms with Crippen molar-refractivity contribution < 1.29 is 14.3 Å². The molecule has 2 heterocycles. The quantitative estimate of drug-likeness (QED) is 0.377. The number of amides is 1. The Balaban J connectivity index is 1.45. The van der Waals surface area contributed by atoms with E-state index < -0.39 is 11.9 Å². The van der Waals surface area contributed by atoms with Crippen molar-refractivity contribution in [3.05, 3.63) is 94.4 Å². The molecule has 0 bridgehead atoms. The molecule has 1 amide bonds. The van der Waals surface area contributed by atoms with E-state index in [1.165, 1.54) is 35.4 Å². The topological polar surface area (TPSA) is 90.3 Å². The zero-order valence-electron chi connectivity index (χ0n) is 18.1. The van der Waals surface area contributed by atoms with Crippen molar-refractivity contribution >= 4 is 49.9 Å². The van der Waals surface area contributed by atoms with Gasteiger partial charge in [-0.05, 0) is 40.6 Å². The first kappa shape index (κ1) is 21.5. The minimum absolute atomic E-state index is 0.211. The third-order valence-electron chi connectivity index (χ3n) is 5.50. The van der Waals surface area contributed by atoms with Gasteiger partial charge in [0, 0.05) is 16.6 Å². The number of benzene rings is 3. The molecule has 0 radical (unpaired) electrons. The molecule has 34 heavy (non-hydrogen) atoms. The second-order valence-electron chi connectivity index (χ2n) is 7.69. The van der Waals surface area contributed by atoms with Crippen molar-refractivity contribution in [1.29, 1.82) is 0 Å². The summed E-state index contributed by atoms with van der Waals surface area (Å²) >= 11 is 1.40. The third-order valence-corrected chi connectivity index (χ3v) is 6.39. The van der Waals surface area contributed by atoms with E-state index in [0.717, 1.165) is 21.9 Å². The Morgan fingerprint density at radius 2 is 1.85 bits per heavy atom. The Morgan fingerprint density at radius 1 is 1.03 bits per heavy atom. The van der Waals surface area contributed by atoms with Gasteiger partial charge in [-0.15, -0.1) is 11.3 Å². The van der Waals surface area contributed by atoms with Gasteiger partial charge in [-0.1, -0.05) is 42.5 Å². The summed E-state index contributed by atoms with van der Waals surface area (Å²) < 4.78 is 6.00. The molecule has 0 unspecified atom stereocenters. The average Bonchev–Trinajstić information content (AvgIpc) is 3.30. The largest absolute Gasteiger partial charge is 0.465 e. The average molecular weight is 470 g/mol. The van der Waals surface area contributed by atoms with Crippen LogP contribution in [0.15, 0.2) is 83.2 Å². The first-order valence-electron chi connectivity index (χ1n) is 10.5. The zero-order chi connectivity index (χ0) is 23.7. The number of thiophene rings is 1. The number of carbonyl (C=O) groups excluding carboxylic acids is 2. The van der Waals surface area contributed by atoms with Crippen LogP contribution in [0.2, 0.25) is 0 Å². The highest BCUT2D eigenvalue weighted by molar-refractivity contribution is 7.17. The fourth-order valence-corrected chi connectivity index (χ4v) is 4.75. The van der Waals surface area contributed by atoms with Crippen LogP contribution in [0.4, 0.5) is 5.69 Å². The molecule has 0 spiro atoms. The summed E-state index contributed by atoms with van der Waals surface area (Å²) in [5.74, 6) is -0.909. The van der Waals surface area contributed by atoms with Crippen LogP contribution in [-0.2, 0) is 16.1 Å². The number of esters is 1. The Hall–Kier alpha value is -4.30. The number of methoxy groups -OCH3 is 1. The van der Waals surface area contributed by atoms with Gasteiger partial charge in [-0.25, -0.2) is 9.78 Å². The van der Waals surface area contributed by atoms with Crippen molar-refractivity contribution in [3.8, 4) is 11.1 Å². The molecule has 0 atom stereocenters. The molecular weight excluding hydrogens is 450 g/mol. The number of carbonyl (C=O) groups is 2. The standard InChI is InChI=1S/C26H19N3O4S/c1-33-26(32)19-7-4-8-20(12-19)28-22(30)13-29-15-27-24-23(25(29)31)21(14-34-24)18-10-9-16-5-2-3-6-17(16)11-18/h2-12,14-15H,13H2,1H3,(H,28,30). The fourth-order valence-electron chi connectivity index (χ4n) is 3.85. The summed E-state index contributed by atoms with van der Waals surface area (Å²) in [6, 6.07) is 20.5. The number of nitrogens with one attached hydrogen (secondary N) is 1. The number of hydrogen-bond donors (Lipinski definition) is 1. The van der Waals surface area contributed by atoms with E-state index in [-0.39, 0.29) is 12.1 Å². The summed E-state index contributed by atoms with van der Waals surface area (Å²) in [6.45, 7) is -0.211. The molecule has 0 aliphatic heterocycles. The zero-order valence-corrected chi connectivity index (χ0v) is 19.0. The highest BCUT2D eigenvalue weighted by atomic mass is 32.1. The number of fused-ring (bicyclic) bond motifs is 2. The van der Waals surface area contributed by atoms with Crippen LogP contribution in [0.1, 0.15) is 10.4 Å². The smallest absolute Gasteiger partial charge is 0.337 e. The van der Waals surface area contributed by atoms with Crippen molar-refractivity contribution in [1.82, 2.24) is 9.55 Å². The summed E-state index contributed by atoms with van der Waals surface area (Å²) in [5.41, 5.74) is 2.18. The number of hydrogen-bond acceptors (Lipinski definition) is 6. The molecule has 1 N–H and O–H groups in total. The van der Waals surface area contributed by atoms with E-state index in [1.807, 2.05) is 41.8 Å². The lowest BCUT2D eigenvalue weighted by molar-refractivity contribution is -0.116. The van der Waals surface area contributed by atoms with Gasteiger partial charge >= 0.3 is 5.97 Å². The number of aromatic nitrogens is 2. The lowest BCUT2D eigenvalue weighted by Crippen LogP contribution is -2.27. The van der Waals surface area contributed by atoms with Gasteiger partial charge in [0.1, 0.15) is 11.4 Å². The maximum atomic E-state index is 13.3. The first-order valence-corrected chi connectivity index (χ1v) is 11.4. The van der Waals surface area contributed by atoms with Crippen molar-refractivity contribution in [2.24, 2.45) is 0 Å².